The second-order valence-electron chi connectivity index (χ2n) is 5.10. The number of amides is 1. The number of hydrogen-bond donors (Lipinski definition) is 2. The SMILES string of the molecule is C=C(CBr)c1cc(NC(=O)OC(C)(C)C)ccc1O. The fraction of sp³-hybridized carbons (Fsp3) is 0.357. The molecule has 0 atom stereocenters. The first-order valence-electron chi connectivity index (χ1n) is 5.80. The van der Waals surface area contributed by atoms with Crippen molar-refractivity contribution in [2.24, 2.45) is 0 Å². The molecule has 4 nitrogen and oxygen atoms in total. The molecular weight excluding hydrogens is 310 g/mol. The molecule has 0 radical (unpaired) electrons. The molecule has 104 valence electrons. The lowest BCUT2D eigenvalue weighted by atomic mass is 10.1. The summed E-state index contributed by atoms with van der Waals surface area (Å²) in [5.74, 6) is 0.124. The van der Waals surface area contributed by atoms with Gasteiger partial charge in [0.15, 0.2) is 0 Å². The number of alkyl halides is 1. The molecule has 0 aliphatic carbocycles. The smallest absolute Gasteiger partial charge is 0.412 e. The van der Waals surface area contributed by atoms with E-state index >= 15 is 0 Å². The topological polar surface area (TPSA) is 58.6 Å². The van der Waals surface area contributed by atoms with Crippen molar-refractivity contribution in [2.75, 3.05) is 10.6 Å². The highest BCUT2D eigenvalue weighted by Gasteiger charge is 2.16. The van der Waals surface area contributed by atoms with Gasteiger partial charge in [0.25, 0.3) is 0 Å². The Hall–Kier alpha value is -1.49. The van der Waals surface area contributed by atoms with Crippen LogP contribution in [0.4, 0.5) is 10.5 Å². The molecule has 1 aromatic carbocycles. The molecule has 1 amide bonds. The Morgan fingerprint density at radius 1 is 1.47 bits per heavy atom. The number of phenolic OH excluding ortho intramolecular Hbond substituents is 1. The molecule has 0 bridgehead atoms. The fourth-order valence-electron chi connectivity index (χ4n) is 1.39. The number of rotatable bonds is 3. The summed E-state index contributed by atoms with van der Waals surface area (Å²) in [7, 11) is 0. The number of halogens is 1. The van der Waals surface area contributed by atoms with Crippen molar-refractivity contribution in [3.05, 3.63) is 30.3 Å². The average Bonchev–Trinajstić information content (AvgIpc) is 2.28. The van der Waals surface area contributed by atoms with Gasteiger partial charge in [0.2, 0.25) is 0 Å². The molecule has 0 saturated heterocycles. The number of phenols is 1. The van der Waals surface area contributed by atoms with Gasteiger partial charge in [-0.15, -0.1) is 0 Å². The number of carbonyl (C=O) groups is 1. The van der Waals surface area contributed by atoms with E-state index in [0.29, 0.717) is 16.6 Å². The van der Waals surface area contributed by atoms with Crippen molar-refractivity contribution >= 4 is 33.3 Å². The lowest BCUT2D eigenvalue weighted by molar-refractivity contribution is 0.0636. The van der Waals surface area contributed by atoms with Gasteiger partial charge in [0.05, 0.1) is 0 Å². The van der Waals surface area contributed by atoms with Crippen molar-refractivity contribution in [2.45, 2.75) is 26.4 Å². The quantitative estimate of drug-likeness (QED) is 0.647. The molecule has 0 fully saturated rings. The summed E-state index contributed by atoms with van der Waals surface area (Å²) < 4.78 is 5.15. The van der Waals surface area contributed by atoms with Crippen molar-refractivity contribution in [3.63, 3.8) is 0 Å². The highest BCUT2D eigenvalue weighted by molar-refractivity contribution is 9.09. The number of aromatic hydroxyl groups is 1. The Kier molecular flexibility index (Phi) is 5.00. The fourth-order valence-corrected chi connectivity index (χ4v) is 1.69. The molecule has 0 aliphatic heterocycles. The van der Waals surface area contributed by atoms with Crippen LogP contribution in [0.5, 0.6) is 5.75 Å². The molecule has 5 heteroatoms. The van der Waals surface area contributed by atoms with Crippen LogP contribution in [-0.4, -0.2) is 22.1 Å². The van der Waals surface area contributed by atoms with E-state index in [9.17, 15) is 9.90 Å². The number of anilines is 1. The normalized spacial score (nSPS) is 10.9. The van der Waals surface area contributed by atoms with Crippen molar-refractivity contribution in [1.82, 2.24) is 0 Å². The van der Waals surface area contributed by atoms with Gasteiger partial charge < -0.3 is 9.84 Å². The lowest BCUT2D eigenvalue weighted by Gasteiger charge is -2.20. The van der Waals surface area contributed by atoms with Crippen LogP contribution >= 0.6 is 15.9 Å². The maximum Gasteiger partial charge on any atom is 0.412 e. The van der Waals surface area contributed by atoms with Crippen LogP contribution < -0.4 is 5.32 Å². The van der Waals surface area contributed by atoms with Crippen LogP contribution in [0.2, 0.25) is 0 Å². The van der Waals surface area contributed by atoms with Gasteiger partial charge in [-0.2, -0.15) is 0 Å². The molecule has 0 heterocycles. The van der Waals surface area contributed by atoms with Gasteiger partial charge in [-0.1, -0.05) is 22.5 Å². The molecular formula is C14H18BrNO3. The number of ether oxygens (including phenoxy) is 1. The van der Waals surface area contributed by atoms with Crippen molar-refractivity contribution in [3.8, 4) is 5.75 Å². The number of nitrogens with one attached hydrogen (secondary N) is 1. The summed E-state index contributed by atoms with van der Waals surface area (Å²) in [5.41, 5.74) is 1.31. The van der Waals surface area contributed by atoms with Gasteiger partial charge in [-0.05, 0) is 44.5 Å². The van der Waals surface area contributed by atoms with Gasteiger partial charge in [-0.25, -0.2) is 4.79 Å². The number of carbonyl (C=O) groups excluding carboxylic acids is 1. The van der Waals surface area contributed by atoms with Crippen LogP contribution in [0.25, 0.3) is 5.57 Å². The van der Waals surface area contributed by atoms with Crippen LogP contribution in [-0.2, 0) is 4.74 Å². The highest BCUT2D eigenvalue weighted by atomic mass is 79.9. The first-order chi connectivity index (χ1) is 8.73. The number of allylic oxidation sites excluding steroid dienone is 1. The molecule has 2 N–H and O–H groups in total. The third-order valence-electron chi connectivity index (χ3n) is 2.18. The molecule has 1 aromatic rings. The molecule has 1 rings (SSSR count). The van der Waals surface area contributed by atoms with Crippen molar-refractivity contribution in [1.29, 1.82) is 0 Å². The van der Waals surface area contributed by atoms with E-state index < -0.39 is 11.7 Å². The zero-order valence-electron chi connectivity index (χ0n) is 11.3. The van der Waals surface area contributed by atoms with E-state index in [1.807, 2.05) is 0 Å². The zero-order chi connectivity index (χ0) is 14.6. The molecule has 0 aromatic heterocycles. The summed E-state index contributed by atoms with van der Waals surface area (Å²) in [5, 5.41) is 12.9. The van der Waals surface area contributed by atoms with Crippen LogP contribution in [0.15, 0.2) is 24.8 Å². The third-order valence-corrected chi connectivity index (χ3v) is 2.86. The first-order valence-corrected chi connectivity index (χ1v) is 6.92. The minimum absolute atomic E-state index is 0.124. The second kappa shape index (κ2) is 6.10. The summed E-state index contributed by atoms with van der Waals surface area (Å²) >= 11 is 3.28. The van der Waals surface area contributed by atoms with Crippen LogP contribution in [0, 0.1) is 0 Å². The predicted octanol–water partition coefficient (Wildman–Crippen LogP) is 4.15. The largest absolute Gasteiger partial charge is 0.507 e. The number of hydrogen-bond acceptors (Lipinski definition) is 3. The maximum absolute atomic E-state index is 11.6. The summed E-state index contributed by atoms with van der Waals surface area (Å²) in [6, 6.07) is 4.77. The molecule has 0 saturated carbocycles. The third kappa shape index (κ3) is 4.95. The minimum atomic E-state index is -0.552. The van der Waals surface area contributed by atoms with Gasteiger partial charge in [0.1, 0.15) is 11.4 Å². The molecule has 19 heavy (non-hydrogen) atoms. The molecule has 0 aliphatic rings. The monoisotopic (exact) mass is 327 g/mol. The Labute approximate surface area is 121 Å². The highest BCUT2D eigenvalue weighted by Crippen LogP contribution is 2.28. The van der Waals surface area contributed by atoms with Gasteiger partial charge in [0, 0.05) is 16.6 Å². The Morgan fingerprint density at radius 3 is 2.63 bits per heavy atom. The van der Waals surface area contributed by atoms with E-state index in [4.69, 9.17) is 4.74 Å². The standard InChI is InChI=1S/C14H18BrNO3/c1-9(8-15)11-7-10(5-6-12(11)17)16-13(18)19-14(2,3)4/h5-7,17H,1,8H2,2-4H3,(H,16,18). The van der Waals surface area contributed by atoms with E-state index in [1.165, 1.54) is 6.07 Å². The predicted molar refractivity (Wildman–Crippen MR) is 80.8 cm³/mol. The maximum atomic E-state index is 11.6. The van der Waals surface area contributed by atoms with Crippen LogP contribution in [0.1, 0.15) is 26.3 Å². The van der Waals surface area contributed by atoms with Gasteiger partial charge in [-0.3, -0.25) is 5.32 Å². The molecule has 0 spiro atoms. The van der Waals surface area contributed by atoms with E-state index in [1.54, 1.807) is 32.9 Å². The van der Waals surface area contributed by atoms with E-state index in [-0.39, 0.29) is 5.75 Å². The number of benzene rings is 1. The minimum Gasteiger partial charge on any atom is -0.507 e. The molecule has 0 unspecified atom stereocenters. The Morgan fingerprint density at radius 2 is 2.11 bits per heavy atom. The summed E-state index contributed by atoms with van der Waals surface area (Å²) in [6.07, 6.45) is -0.534. The lowest BCUT2D eigenvalue weighted by Crippen LogP contribution is -2.27. The Bertz CT molecular complexity index is 492. The second-order valence-corrected chi connectivity index (χ2v) is 5.66. The van der Waals surface area contributed by atoms with Crippen molar-refractivity contribution < 1.29 is 14.6 Å². The van der Waals surface area contributed by atoms with Crippen LogP contribution in [0.3, 0.4) is 0 Å². The van der Waals surface area contributed by atoms with E-state index in [0.717, 1.165) is 5.57 Å². The van der Waals surface area contributed by atoms with E-state index in [2.05, 4.69) is 27.8 Å². The summed E-state index contributed by atoms with van der Waals surface area (Å²) in [4.78, 5) is 11.6. The first kappa shape index (κ1) is 15.6. The zero-order valence-corrected chi connectivity index (χ0v) is 12.9. The van der Waals surface area contributed by atoms with Gasteiger partial charge >= 0.3 is 6.09 Å². The average molecular weight is 328 g/mol. The Balaban J connectivity index is 2.86. The summed E-state index contributed by atoms with van der Waals surface area (Å²) in [6.45, 7) is 9.21.